The van der Waals surface area contributed by atoms with Crippen LogP contribution in [0.3, 0.4) is 0 Å². The van der Waals surface area contributed by atoms with Crippen molar-refractivity contribution in [1.29, 1.82) is 0 Å². The third-order valence-electron chi connectivity index (χ3n) is 2.54. The van der Waals surface area contributed by atoms with Crippen molar-refractivity contribution in [3.05, 3.63) is 0 Å². The Balaban J connectivity index is 3.00. The average molecular weight is 324 g/mol. The number of aliphatic hydroxyl groups excluding tert-OH is 1. The number of nitrogens with two attached hydrogens (primary N) is 1. The van der Waals surface area contributed by atoms with Crippen LogP contribution in [0.4, 0.5) is 0 Å². The number of nitrogens with one attached hydrogen (secondary N) is 1. The van der Waals surface area contributed by atoms with E-state index >= 15 is 0 Å². The average Bonchev–Trinajstić information content (AvgIpc) is 2.51. The molecule has 22 heavy (non-hydrogen) atoms. The number of aliphatic hydroxyl groups is 1. The first-order valence-corrected chi connectivity index (χ1v) is 7.70. The largest absolute Gasteiger partial charge is 0.389 e. The van der Waals surface area contributed by atoms with Gasteiger partial charge >= 0.3 is 0 Å². The molecule has 0 rings (SSSR count). The van der Waals surface area contributed by atoms with Crippen molar-refractivity contribution in [2.45, 2.75) is 6.10 Å². The highest BCUT2D eigenvalue weighted by molar-refractivity contribution is 4.57. The van der Waals surface area contributed by atoms with Crippen molar-refractivity contribution in [2.75, 3.05) is 86.2 Å². The second kappa shape index (κ2) is 18.7. The Morgan fingerprint density at radius 2 is 1.36 bits per heavy atom. The lowest BCUT2D eigenvalue weighted by atomic mass is 10.4. The van der Waals surface area contributed by atoms with Gasteiger partial charge in [-0.05, 0) is 0 Å². The van der Waals surface area contributed by atoms with Crippen LogP contribution in [-0.4, -0.2) is 97.4 Å². The molecule has 8 nitrogen and oxygen atoms in total. The minimum atomic E-state index is -0.478. The predicted molar refractivity (Wildman–Crippen MR) is 83.1 cm³/mol. The molecule has 0 aliphatic carbocycles. The van der Waals surface area contributed by atoms with Crippen molar-refractivity contribution in [3.8, 4) is 0 Å². The Morgan fingerprint density at radius 1 is 0.864 bits per heavy atom. The summed E-state index contributed by atoms with van der Waals surface area (Å²) in [5.41, 5.74) is 5.28. The van der Waals surface area contributed by atoms with Gasteiger partial charge in [-0.25, -0.2) is 0 Å². The van der Waals surface area contributed by atoms with Crippen molar-refractivity contribution in [2.24, 2.45) is 5.73 Å². The molecular formula is C14H32N2O6. The van der Waals surface area contributed by atoms with Crippen LogP contribution >= 0.6 is 0 Å². The zero-order chi connectivity index (χ0) is 16.3. The van der Waals surface area contributed by atoms with Gasteiger partial charge in [-0.3, -0.25) is 0 Å². The fraction of sp³-hybridized carbons (Fsp3) is 1.00. The standard InChI is InChI=1S/C14H32N2O6/c1-18-13-14(17)12-16-3-5-20-7-9-22-11-10-21-8-6-19-4-2-15/h14,16-17H,2-13,15H2,1H3. The van der Waals surface area contributed by atoms with Crippen LogP contribution in [-0.2, 0) is 23.7 Å². The van der Waals surface area contributed by atoms with Gasteiger partial charge in [0, 0.05) is 26.7 Å². The molecule has 0 aromatic carbocycles. The van der Waals surface area contributed by atoms with Crippen LogP contribution in [0.15, 0.2) is 0 Å². The van der Waals surface area contributed by atoms with Gasteiger partial charge in [-0.1, -0.05) is 0 Å². The Kier molecular flexibility index (Phi) is 18.5. The monoisotopic (exact) mass is 324 g/mol. The molecule has 0 saturated carbocycles. The van der Waals surface area contributed by atoms with Crippen molar-refractivity contribution in [1.82, 2.24) is 5.32 Å². The van der Waals surface area contributed by atoms with Gasteiger partial charge in [0.2, 0.25) is 0 Å². The van der Waals surface area contributed by atoms with E-state index in [9.17, 15) is 5.11 Å². The molecule has 0 heterocycles. The van der Waals surface area contributed by atoms with Gasteiger partial charge < -0.3 is 39.8 Å². The Labute approximate surface area is 133 Å². The number of ether oxygens (including phenoxy) is 5. The van der Waals surface area contributed by atoms with E-state index in [2.05, 4.69) is 5.32 Å². The lowest BCUT2D eigenvalue weighted by molar-refractivity contribution is -0.000965. The Hall–Kier alpha value is -0.320. The maximum absolute atomic E-state index is 9.38. The second-order valence-electron chi connectivity index (χ2n) is 4.55. The van der Waals surface area contributed by atoms with Crippen LogP contribution in [0.25, 0.3) is 0 Å². The van der Waals surface area contributed by atoms with Gasteiger partial charge in [-0.2, -0.15) is 0 Å². The third-order valence-corrected chi connectivity index (χ3v) is 2.54. The van der Waals surface area contributed by atoms with Crippen LogP contribution in [0.1, 0.15) is 0 Å². The second-order valence-corrected chi connectivity index (χ2v) is 4.55. The molecule has 0 aliphatic heterocycles. The molecule has 0 spiro atoms. The number of hydrogen-bond donors (Lipinski definition) is 3. The fourth-order valence-electron chi connectivity index (χ4n) is 1.51. The highest BCUT2D eigenvalue weighted by Crippen LogP contribution is 1.83. The maximum Gasteiger partial charge on any atom is 0.0897 e. The van der Waals surface area contributed by atoms with Crippen LogP contribution in [0.2, 0.25) is 0 Å². The first-order chi connectivity index (χ1) is 10.8. The van der Waals surface area contributed by atoms with Crippen molar-refractivity contribution >= 4 is 0 Å². The van der Waals surface area contributed by atoms with Gasteiger partial charge in [0.15, 0.2) is 0 Å². The molecule has 4 N–H and O–H groups in total. The van der Waals surface area contributed by atoms with Gasteiger partial charge in [0.05, 0.1) is 65.6 Å². The summed E-state index contributed by atoms with van der Waals surface area (Å²) in [6, 6.07) is 0. The van der Waals surface area contributed by atoms with Crippen molar-refractivity contribution < 1.29 is 28.8 Å². The first kappa shape index (κ1) is 21.7. The van der Waals surface area contributed by atoms with E-state index in [1.54, 1.807) is 7.11 Å². The lowest BCUT2D eigenvalue weighted by Gasteiger charge is -2.11. The summed E-state index contributed by atoms with van der Waals surface area (Å²) in [7, 11) is 1.56. The van der Waals surface area contributed by atoms with Crippen molar-refractivity contribution in [3.63, 3.8) is 0 Å². The summed E-state index contributed by atoms with van der Waals surface area (Å²) in [6.07, 6.45) is -0.478. The molecule has 8 heteroatoms. The zero-order valence-corrected chi connectivity index (χ0v) is 13.6. The minimum Gasteiger partial charge on any atom is -0.389 e. The Morgan fingerprint density at radius 3 is 1.86 bits per heavy atom. The first-order valence-electron chi connectivity index (χ1n) is 7.70. The molecule has 0 radical (unpaired) electrons. The lowest BCUT2D eigenvalue weighted by Crippen LogP contribution is -2.32. The maximum atomic E-state index is 9.38. The molecule has 0 saturated heterocycles. The van der Waals surface area contributed by atoms with E-state index in [-0.39, 0.29) is 0 Å². The van der Waals surface area contributed by atoms with Gasteiger partial charge in [0.1, 0.15) is 0 Å². The van der Waals surface area contributed by atoms with E-state index in [4.69, 9.17) is 29.4 Å². The molecule has 1 atom stereocenters. The van der Waals surface area contributed by atoms with E-state index in [0.29, 0.717) is 79.1 Å². The normalized spacial score (nSPS) is 12.7. The molecule has 134 valence electrons. The summed E-state index contributed by atoms with van der Waals surface area (Å²) >= 11 is 0. The SMILES string of the molecule is COCC(O)CNCCOCCOCCOCCOCCN. The topological polar surface area (TPSA) is 104 Å². The summed E-state index contributed by atoms with van der Waals surface area (Å²) in [4.78, 5) is 0. The van der Waals surface area contributed by atoms with E-state index in [1.165, 1.54) is 0 Å². The summed E-state index contributed by atoms with van der Waals surface area (Å²) in [5, 5.41) is 12.5. The quantitative estimate of drug-likeness (QED) is 0.265. The summed E-state index contributed by atoms with van der Waals surface area (Å²) in [6.45, 7) is 6.50. The summed E-state index contributed by atoms with van der Waals surface area (Å²) < 4.78 is 26.0. The smallest absolute Gasteiger partial charge is 0.0897 e. The van der Waals surface area contributed by atoms with E-state index in [1.807, 2.05) is 0 Å². The van der Waals surface area contributed by atoms with Crippen LogP contribution in [0, 0.1) is 0 Å². The number of hydrogen-bond acceptors (Lipinski definition) is 8. The van der Waals surface area contributed by atoms with Gasteiger partial charge in [0.25, 0.3) is 0 Å². The van der Waals surface area contributed by atoms with Gasteiger partial charge in [-0.15, -0.1) is 0 Å². The molecule has 0 amide bonds. The number of rotatable bonds is 18. The van der Waals surface area contributed by atoms with E-state index in [0.717, 1.165) is 0 Å². The molecular weight excluding hydrogens is 292 g/mol. The molecule has 0 aliphatic rings. The third kappa shape index (κ3) is 17.7. The van der Waals surface area contributed by atoms with E-state index < -0.39 is 6.10 Å². The molecule has 0 fully saturated rings. The minimum absolute atomic E-state index is 0.336. The summed E-state index contributed by atoms with van der Waals surface area (Å²) in [5.74, 6) is 0. The zero-order valence-electron chi connectivity index (χ0n) is 13.6. The highest BCUT2D eigenvalue weighted by Gasteiger charge is 2.01. The fourth-order valence-corrected chi connectivity index (χ4v) is 1.51. The molecule has 0 aromatic rings. The highest BCUT2D eigenvalue weighted by atomic mass is 16.6. The molecule has 0 aromatic heterocycles. The molecule has 0 bridgehead atoms. The number of methoxy groups -OCH3 is 1. The van der Waals surface area contributed by atoms with Crippen LogP contribution < -0.4 is 11.1 Å². The molecule has 1 unspecified atom stereocenters. The van der Waals surface area contributed by atoms with Crippen LogP contribution in [0.5, 0.6) is 0 Å². The Bertz CT molecular complexity index is 212. The predicted octanol–water partition coefficient (Wildman–Crippen LogP) is -1.39.